The van der Waals surface area contributed by atoms with Crippen molar-refractivity contribution < 1.29 is 14.5 Å². The Balaban J connectivity index is 2.99. The topological polar surface area (TPSA) is 92.6 Å². The van der Waals surface area contributed by atoms with Crippen LogP contribution in [0.3, 0.4) is 0 Å². The molecule has 0 heterocycles. The molecular formula is C14H15N3O4. The van der Waals surface area contributed by atoms with Gasteiger partial charge in [0.2, 0.25) is 0 Å². The first-order valence-corrected chi connectivity index (χ1v) is 6.29. The number of nitrogens with zero attached hydrogens (tertiary/aromatic N) is 2. The van der Waals surface area contributed by atoms with Gasteiger partial charge in [0.05, 0.1) is 4.92 Å². The Morgan fingerprint density at radius 1 is 1.38 bits per heavy atom. The van der Waals surface area contributed by atoms with Crippen molar-refractivity contribution in [2.24, 2.45) is 0 Å². The van der Waals surface area contributed by atoms with Gasteiger partial charge >= 0.3 is 6.03 Å². The van der Waals surface area contributed by atoms with E-state index in [1.54, 1.807) is 13.8 Å². The minimum absolute atomic E-state index is 0.00112. The van der Waals surface area contributed by atoms with Gasteiger partial charge in [-0.05, 0) is 26.0 Å². The Labute approximate surface area is 122 Å². The molecule has 21 heavy (non-hydrogen) atoms. The minimum atomic E-state index is -0.710. The van der Waals surface area contributed by atoms with Crippen LogP contribution in [0.4, 0.5) is 10.5 Å². The standard InChI is InChI=1S/C14H15N3O4/c1-4-10-7-8-11(9-12(10)17(20)21)13(18)15-14(19)16(5-2)6-3/h1,7-9H,5-6H2,2-3H3,(H,15,18,19). The average Bonchev–Trinajstić information content (AvgIpc) is 2.47. The SMILES string of the molecule is C#Cc1ccc(C(=O)NC(=O)N(CC)CC)cc1[N+](=O)[O-]. The third-order valence-electron chi connectivity index (χ3n) is 2.88. The maximum Gasteiger partial charge on any atom is 0.324 e. The molecule has 0 radical (unpaired) electrons. The Kier molecular flexibility index (Phi) is 5.43. The number of amides is 3. The van der Waals surface area contributed by atoms with Crippen LogP contribution in [0, 0.1) is 22.5 Å². The highest BCUT2D eigenvalue weighted by Gasteiger charge is 2.19. The number of urea groups is 1. The van der Waals surface area contributed by atoms with Crippen LogP contribution >= 0.6 is 0 Å². The predicted octanol–water partition coefficient (Wildman–Crippen LogP) is 1.77. The highest BCUT2D eigenvalue weighted by molar-refractivity contribution is 6.04. The van der Waals surface area contributed by atoms with Crippen molar-refractivity contribution in [3.8, 4) is 12.3 Å². The van der Waals surface area contributed by atoms with E-state index in [0.717, 1.165) is 6.07 Å². The van der Waals surface area contributed by atoms with Crippen LogP contribution in [0.5, 0.6) is 0 Å². The Morgan fingerprint density at radius 2 is 2.00 bits per heavy atom. The monoisotopic (exact) mass is 289 g/mol. The summed E-state index contributed by atoms with van der Waals surface area (Å²) in [4.78, 5) is 35.3. The lowest BCUT2D eigenvalue weighted by Gasteiger charge is -2.18. The molecule has 0 aromatic heterocycles. The summed E-state index contributed by atoms with van der Waals surface area (Å²) >= 11 is 0. The molecule has 3 amide bonds. The average molecular weight is 289 g/mol. The zero-order chi connectivity index (χ0) is 16.0. The molecule has 7 heteroatoms. The third kappa shape index (κ3) is 3.79. The van der Waals surface area contributed by atoms with Crippen LogP contribution in [0.2, 0.25) is 0 Å². The lowest BCUT2D eigenvalue weighted by Crippen LogP contribution is -2.42. The summed E-state index contributed by atoms with van der Waals surface area (Å²) < 4.78 is 0. The van der Waals surface area contributed by atoms with Gasteiger partial charge in [-0.15, -0.1) is 6.42 Å². The largest absolute Gasteiger partial charge is 0.325 e. The van der Waals surface area contributed by atoms with E-state index in [1.807, 2.05) is 0 Å². The van der Waals surface area contributed by atoms with E-state index < -0.39 is 16.9 Å². The molecule has 0 atom stereocenters. The van der Waals surface area contributed by atoms with Crippen LogP contribution in [-0.4, -0.2) is 34.9 Å². The number of carbonyl (C=O) groups is 2. The van der Waals surface area contributed by atoms with E-state index in [-0.39, 0.29) is 16.8 Å². The van der Waals surface area contributed by atoms with Gasteiger partial charge in [0, 0.05) is 24.7 Å². The molecule has 0 aliphatic heterocycles. The maximum absolute atomic E-state index is 11.9. The second kappa shape index (κ2) is 7.05. The molecule has 0 unspecified atom stereocenters. The fourth-order valence-electron chi connectivity index (χ4n) is 1.71. The Bertz CT molecular complexity index is 615. The van der Waals surface area contributed by atoms with Crippen molar-refractivity contribution in [1.82, 2.24) is 10.2 Å². The summed E-state index contributed by atoms with van der Waals surface area (Å²) in [7, 11) is 0. The first-order chi connectivity index (χ1) is 9.94. The van der Waals surface area contributed by atoms with E-state index >= 15 is 0 Å². The van der Waals surface area contributed by atoms with E-state index in [9.17, 15) is 19.7 Å². The van der Waals surface area contributed by atoms with Crippen LogP contribution in [0.25, 0.3) is 0 Å². The minimum Gasteiger partial charge on any atom is -0.325 e. The molecular weight excluding hydrogens is 274 g/mol. The second-order valence-electron chi connectivity index (χ2n) is 4.06. The fraction of sp³-hybridized carbons (Fsp3) is 0.286. The van der Waals surface area contributed by atoms with Gasteiger partial charge in [0.15, 0.2) is 0 Å². The molecule has 0 spiro atoms. The normalized spacial score (nSPS) is 9.57. The molecule has 1 rings (SSSR count). The highest BCUT2D eigenvalue weighted by atomic mass is 16.6. The van der Waals surface area contributed by atoms with Gasteiger partial charge in [-0.3, -0.25) is 20.2 Å². The number of nitro benzene ring substituents is 1. The van der Waals surface area contributed by atoms with Crippen molar-refractivity contribution in [3.05, 3.63) is 39.4 Å². The van der Waals surface area contributed by atoms with Gasteiger partial charge in [-0.1, -0.05) is 5.92 Å². The summed E-state index contributed by atoms with van der Waals surface area (Å²) in [6, 6.07) is 3.15. The number of nitro groups is 1. The Morgan fingerprint density at radius 3 is 2.48 bits per heavy atom. The first-order valence-electron chi connectivity index (χ1n) is 6.29. The van der Waals surface area contributed by atoms with Crippen molar-refractivity contribution in [2.75, 3.05) is 13.1 Å². The molecule has 1 N–H and O–H groups in total. The molecule has 110 valence electrons. The summed E-state index contributed by atoms with van der Waals surface area (Å²) in [6.07, 6.45) is 5.16. The number of terminal acetylenes is 1. The van der Waals surface area contributed by atoms with Crippen LogP contribution in [-0.2, 0) is 0 Å². The summed E-state index contributed by atoms with van der Waals surface area (Å²) in [6.45, 7) is 4.46. The van der Waals surface area contributed by atoms with E-state index in [1.165, 1.54) is 17.0 Å². The van der Waals surface area contributed by atoms with E-state index in [4.69, 9.17) is 6.42 Å². The molecule has 0 aliphatic carbocycles. The zero-order valence-corrected chi connectivity index (χ0v) is 11.8. The number of hydrogen-bond donors (Lipinski definition) is 1. The van der Waals surface area contributed by atoms with E-state index in [2.05, 4.69) is 11.2 Å². The summed E-state index contributed by atoms with van der Waals surface area (Å²) in [5.41, 5.74) is -0.270. The van der Waals surface area contributed by atoms with Crippen molar-refractivity contribution >= 4 is 17.6 Å². The number of carbonyl (C=O) groups excluding carboxylic acids is 2. The fourth-order valence-corrected chi connectivity index (χ4v) is 1.71. The highest BCUT2D eigenvalue weighted by Crippen LogP contribution is 2.19. The van der Waals surface area contributed by atoms with Crippen molar-refractivity contribution in [2.45, 2.75) is 13.8 Å². The smallest absolute Gasteiger partial charge is 0.324 e. The van der Waals surface area contributed by atoms with Gasteiger partial charge in [-0.2, -0.15) is 0 Å². The number of imide groups is 1. The molecule has 0 bridgehead atoms. The molecule has 0 saturated heterocycles. The number of nitrogens with one attached hydrogen (secondary N) is 1. The van der Waals surface area contributed by atoms with Crippen LogP contribution < -0.4 is 5.32 Å². The quantitative estimate of drug-likeness (QED) is 0.519. The van der Waals surface area contributed by atoms with E-state index in [0.29, 0.717) is 13.1 Å². The molecule has 7 nitrogen and oxygen atoms in total. The molecule has 1 aromatic rings. The molecule has 0 saturated carbocycles. The van der Waals surface area contributed by atoms with Crippen LogP contribution in [0.15, 0.2) is 18.2 Å². The first kappa shape index (κ1) is 16.2. The lowest BCUT2D eigenvalue weighted by atomic mass is 10.1. The third-order valence-corrected chi connectivity index (χ3v) is 2.88. The summed E-state index contributed by atoms with van der Waals surface area (Å²) in [5, 5.41) is 13.1. The number of benzene rings is 1. The van der Waals surface area contributed by atoms with Crippen molar-refractivity contribution in [1.29, 1.82) is 0 Å². The maximum atomic E-state index is 11.9. The predicted molar refractivity (Wildman–Crippen MR) is 76.8 cm³/mol. The zero-order valence-electron chi connectivity index (χ0n) is 11.8. The Hall–Kier alpha value is -2.88. The molecule has 0 aliphatic rings. The van der Waals surface area contributed by atoms with Crippen molar-refractivity contribution in [3.63, 3.8) is 0 Å². The van der Waals surface area contributed by atoms with Crippen LogP contribution in [0.1, 0.15) is 29.8 Å². The van der Waals surface area contributed by atoms with Gasteiger partial charge in [0.1, 0.15) is 5.56 Å². The second-order valence-corrected chi connectivity index (χ2v) is 4.06. The number of hydrogen-bond acceptors (Lipinski definition) is 4. The lowest BCUT2D eigenvalue weighted by molar-refractivity contribution is -0.385. The summed E-state index contributed by atoms with van der Waals surface area (Å²) in [5.74, 6) is 1.46. The van der Waals surface area contributed by atoms with Gasteiger partial charge in [-0.25, -0.2) is 4.79 Å². The number of rotatable bonds is 4. The van der Waals surface area contributed by atoms with Gasteiger partial charge in [0.25, 0.3) is 11.6 Å². The van der Waals surface area contributed by atoms with Gasteiger partial charge < -0.3 is 4.90 Å². The molecule has 1 aromatic carbocycles. The molecule has 0 fully saturated rings.